The van der Waals surface area contributed by atoms with Gasteiger partial charge < -0.3 is 10.3 Å². The highest BCUT2D eigenvalue weighted by Crippen LogP contribution is 2.33. The van der Waals surface area contributed by atoms with Crippen molar-refractivity contribution in [3.8, 4) is 5.82 Å². The lowest BCUT2D eigenvalue weighted by Gasteiger charge is -2.08. The molecule has 4 aromatic rings. The Morgan fingerprint density at radius 2 is 1.97 bits per heavy atom. The number of aromatic nitrogens is 4. The van der Waals surface area contributed by atoms with Crippen molar-refractivity contribution in [1.82, 2.24) is 24.2 Å². The number of thiophene rings is 1. The van der Waals surface area contributed by atoms with Gasteiger partial charge in [0.05, 0.1) is 28.3 Å². The fraction of sp³-hybridized carbons (Fsp3) is 0.0556. The van der Waals surface area contributed by atoms with Crippen molar-refractivity contribution in [1.29, 1.82) is 0 Å². The molecule has 4 rings (SSSR count). The summed E-state index contributed by atoms with van der Waals surface area (Å²) >= 11 is 12.6. The number of anilines is 2. The van der Waals surface area contributed by atoms with Gasteiger partial charge in [-0.25, -0.2) is 28.3 Å². The number of hydrogen-bond acceptors (Lipinski definition) is 8. The van der Waals surface area contributed by atoms with Crippen LogP contribution in [0.1, 0.15) is 0 Å². The molecule has 15 heteroatoms. The van der Waals surface area contributed by atoms with E-state index in [-0.39, 0.29) is 30.6 Å². The predicted molar refractivity (Wildman–Crippen MR) is 128 cm³/mol. The van der Waals surface area contributed by atoms with Gasteiger partial charge >= 0.3 is 11.7 Å². The largest absolute Gasteiger partial charge is 0.388 e. The summed E-state index contributed by atoms with van der Waals surface area (Å²) < 4.78 is 15.7. The maximum absolute atomic E-state index is 12.8. The van der Waals surface area contributed by atoms with Gasteiger partial charge in [-0.15, -0.1) is 11.3 Å². The van der Waals surface area contributed by atoms with E-state index in [0.29, 0.717) is 5.52 Å². The van der Waals surface area contributed by atoms with Crippen LogP contribution in [0.15, 0.2) is 50.5 Å². The molecule has 0 aliphatic heterocycles. The highest BCUT2D eigenvalue weighted by molar-refractivity contribution is 7.86. The average molecular weight is 526 g/mol. The lowest BCUT2D eigenvalue weighted by atomic mass is 10.2. The summed E-state index contributed by atoms with van der Waals surface area (Å²) in [6, 6.07) is 5.49. The Morgan fingerprint density at radius 1 is 1.18 bits per heavy atom. The minimum absolute atomic E-state index is 0.000534. The monoisotopic (exact) mass is 525 g/mol. The summed E-state index contributed by atoms with van der Waals surface area (Å²) in [6.45, 7) is 0. The van der Waals surface area contributed by atoms with E-state index in [4.69, 9.17) is 23.2 Å². The van der Waals surface area contributed by atoms with Crippen LogP contribution in [-0.2, 0) is 11.0 Å². The highest BCUT2D eigenvalue weighted by Gasteiger charge is 2.15. The molecule has 0 aliphatic rings. The van der Waals surface area contributed by atoms with Crippen LogP contribution in [0.3, 0.4) is 0 Å². The molecule has 2 amide bonds. The first-order chi connectivity index (χ1) is 15.8. The third-order valence-corrected chi connectivity index (χ3v) is 7.50. The summed E-state index contributed by atoms with van der Waals surface area (Å²) in [5.74, 6) is -0.0438. The molecule has 1 unspecified atom stereocenters. The van der Waals surface area contributed by atoms with Gasteiger partial charge in [-0.1, -0.05) is 23.2 Å². The van der Waals surface area contributed by atoms with Gasteiger partial charge in [-0.3, -0.25) is 14.8 Å². The van der Waals surface area contributed by atoms with E-state index >= 15 is 0 Å². The quantitative estimate of drug-likeness (QED) is 0.312. The molecule has 0 radical (unpaired) electrons. The number of benzene rings is 1. The lowest BCUT2D eigenvalue weighted by Crippen LogP contribution is -2.34. The minimum Gasteiger partial charge on any atom is -0.388 e. The zero-order valence-electron chi connectivity index (χ0n) is 16.5. The summed E-state index contributed by atoms with van der Waals surface area (Å²) in [5, 5.41) is 5.80. The van der Waals surface area contributed by atoms with E-state index < -0.39 is 28.3 Å². The Balaban J connectivity index is 1.53. The predicted octanol–water partition coefficient (Wildman–Crippen LogP) is 2.72. The standard InChI is InChI=1S/C18H13Cl2N7O4S2/c1-21-8-2-3-9-11(4-8)24-18(30)27(16(9)28)13-7-22-12(6-23-13)25-17(29)26-33(31)14-5-10(19)15(20)32-14/h2-7,21H,1H3,(H,24,30)(H2,22,25,26,29). The number of fused-ring (bicyclic) bond motifs is 1. The Morgan fingerprint density at radius 3 is 2.61 bits per heavy atom. The van der Waals surface area contributed by atoms with Crippen molar-refractivity contribution in [2.75, 3.05) is 17.7 Å². The van der Waals surface area contributed by atoms with Gasteiger partial charge in [0.2, 0.25) is 0 Å². The van der Waals surface area contributed by atoms with Gasteiger partial charge in [-0.2, -0.15) is 0 Å². The van der Waals surface area contributed by atoms with Crippen LogP contribution in [0.4, 0.5) is 16.3 Å². The van der Waals surface area contributed by atoms with Gasteiger partial charge in [0.1, 0.15) is 8.55 Å². The van der Waals surface area contributed by atoms with Crippen LogP contribution in [0.2, 0.25) is 9.36 Å². The average Bonchev–Trinajstić information content (AvgIpc) is 3.13. The normalized spacial score (nSPS) is 11.8. The van der Waals surface area contributed by atoms with E-state index in [1.54, 1.807) is 25.2 Å². The number of amides is 2. The number of nitrogens with zero attached hydrogens (tertiary/aromatic N) is 3. The lowest BCUT2D eigenvalue weighted by molar-refractivity contribution is 0.257. The van der Waals surface area contributed by atoms with Gasteiger partial charge in [0.15, 0.2) is 22.6 Å². The molecule has 0 saturated heterocycles. The van der Waals surface area contributed by atoms with E-state index in [9.17, 15) is 18.6 Å². The third-order valence-electron chi connectivity index (χ3n) is 4.29. The molecular formula is C18H13Cl2N7O4S2. The molecule has 0 saturated carbocycles. The first-order valence-corrected chi connectivity index (χ1v) is 11.7. The van der Waals surface area contributed by atoms with Crippen molar-refractivity contribution in [2.45, 2.75) is 4.21 Å². The number of carbonyl (C=O) groups is 1. The zero-order valence-corrected chi connectivity index (χ0v) is 19.7. The second-order valence-corrected chi connectivity index (χ2v) is 9.85. The fourth-order valence-electron chi connectivity index (χ4n) is 2.78. The molecule has 3 heterocycles. The Kier molecular flexibility index (Phi) is 6.47. The Bertz CT molecular complexity index is 1500. The van der Waals surface area contributed by atoms with Crippen LogP contribution >= 0.6 is 34.5 Å². The number of urea groups is 1. The minimum atomic E-state index is -1.89. The first-order valence-electron chi connectivity index (χ1n) is 9.00. The van der Waals surface area contributed by atoms with Crippen LogP contribution < -0.4 is 26.6 Å². The maximum atomic E-state index is 12.8. The van der Waals surface area contributed by atoms with E-state index in [0.717, 1.165) is 34.0 Å². The molecule has 33 heavy (non-hydrogen) atoms. The highest BCUT2D eigenvalue weighted by atomic mass is 35.5. The van der Waals surface area contributed by atoms with Crippen molar-refractivity contribution in [2.24, 2.45) is 0 Å². The molecule has 1 aromatic carbocycles. The Hall–Kier alpha value is -3.26. The van der Waals surface area contributed by atoms with Gasteiger partial charge in [0.25, 0.3) is 5.56 Å². The van der Waals surface area contributed by atoms with Crippen LogP contribution in [0.5, 0.6) is 0 Å². The van der Waals surface area contributed by atoms with Crippen molar-refractivity contribution in [3.63, 3.8) is 0 Å². The molecule has 4 N–H and O–H groups in total. The number of aromatic amines is 1. The summed E-state index contributed by atoms with van der Waals surface area (Å²) in [5.41, 5.74) is -0.169. The number of rotatable bonds is 5. The van der Waals surface area contributed by atoms with E-state index in [2.05, 4.69) is 30.3 Å². The first kappa shape index (κ1) is 22.9. The molecule has 0 aliphatic carbocycles. The molecule has 170 valence electrons. The van der Waals surface area contributed by atoms with Gasteiger partial charge in [0, 0.05) is 12.7 Å². The second kappa shape index (κ2) is 9.31. The number of hydrogen-bond donors (Lipinski definition) is 4. The SMILES string of the molecule is CNc1ccc2c(=O)n(-c3cnc(NC(=O)NS(=O)c4cc(Cl)c(Cl)s4)cn3)c(=O)[nH]c2c1. The molecule has 0 spiro atoms. The topological polar surface area (TPSA) is 151 Å². The fourth-order valence-corrected chi connectivity index (χ4v) is 5.31. The van der Waals surface area contributed by atoms with Crippen LogP contribution in [0, 0.1) is 0 Å². The second-order valence-electron chi connectivity index (χ2n) is 6.35. The maximum Gasteiger partial charge on any atom is 0.334 e. The number of H-pyrrole nitrogens is 1. The van der Waals surface area contributed by atoms with Crippen LogP contribution in [-0.4, -0.2) is 36.8 Å². The molecule has 3 aromatic heterocycles. The van der Waals surface area contributed by atoms with E-state index in [1.165, 1.54) is 6.07 Å². The number of nitrogens with one attached hydrogen (secondary N) is 4. The zero-order chi connectivity index (χ0) is 23.7. The molecule has 0 bridgehead atoms. The number of halogens is 2. The third kappa shape index (κ3) is 4.75. The van der Waals surface area contributed by atoms with Crippen molar-refractivity contribution in [3.05, 3.63) is 66.9 Å². The summed E-state index contributed by atoms with van der Waals surface area (Å²) in [6.07, 6.45) is 2.30. The molecule has 11 nitrogen and oxygen atoms in total. The molecule has 1 atom stereocenters. The van der Waals surface area contributed by atoms with E-state index in [1.807, 2.05) is 0 Å². The summed E-state index contributed by atoms with van der Waals surface area (Å²) in [7, 11) is -0.170. The smallest absolute Gasteiger partial charge is 0.334 e. The summed E-state index contributed by atoms with van der Waals surface area (Å²) in [4.78, 5) is 48.0. The van der Waals surface area contributed by atoms with Crippen molar-refractivity contribution < 1.29 is 9.00 Å². The van der Waals surface area contributed by atoms with Gasteiger partial charge in [-0.05, 0) is 24.3 Å². The van der Waals surface area contributed by atoms with Crippen LogP contribution in [0.25, 0.3) is 16.7 Å². The Labute approximate surface area is 201 Å². The number of carbonyl (C=O) groups excluding carboxylic acids is 1. The van der Waals surface area contributed by atoms with Crippen molar-refractivity contribution >= 4 is 74.0 Å². The molecule has 0 fully saturated rings. The molecular weight excluding hydrogens is 513 g/mol.